The maximum Gasteiger partial charge on any atom is 0.0574 e. The summed E-state index contributed by atoms with van der Waals surface area (Å²) >= 11 is 0. The summed E-state index contributed by atoms with van der Waals surface area (Å²) in [5.74, 6) is 1.27. The molecule has 0 aromatic heterocycles. The topological polar surface area (TPSA) is 20.2 Å². The molecule has 0 aliphatic heterocycles. The van der Waals surface area contributed by atoms with E-state index in [1.54, 1.807) is 0 Å². The summed E-state index contributed by atoms with van der Waals surface area (Å²) < 4.78 is 0. The van der Waals surface area contributed by atoms with Crippen LogP contribution in [0.5, 0.6) is 0 Å². The van der Waals surface area contributed by atoms with Crippen molar-refractivity contribution in [2.45, 2.75) is 71.3 Å². The van der Waals surface area contributed by atoms with E-state index in [9.17, 15) is 5.11 Å². The fourth-order valence-electron chi connectivity index (χ4n) is 2.68. The summed E-state index contributed by atoms with van der Waals surface area (Å²) in [7, 11) is 0. The van der Waals surface area contributed by atoms with Gasteiger partial charge in [0.05, 0.1) is 6.10 Å². The van der Waals surface area contributed by atoms with Gasteiger partial charge < -0.3 is 5.11 Å². The molecule has 0 bridgehead atoms. The predicted molar refractivity (Wildman–Crippen MR) is 70.4 cm³/mol. The monoisotopic (exact) mass is 224 g/mol. The highest BCUT2D eigenvalue weighted by Crippen LogP contribution is 2.28. The van der Waals surface area contributed by atoms with Gasteiger partial charge in [0, 0.05) is 0 Å². The Labute approximate surface area is 101 Å². The minimum Gasteiger partial charge on any atom is -0.393 e. The first-order valence-electron chi connectivity index (χ1n) is 7.11. The van der Waals surface area contributed by atoms with Crippen molar-refractivity contribution < 1.29 is 5.11 Å². The van der Waals surface area contributed by atoms with Crippen LogP contribution in [0.15, 0.2) is 12.2 Å². The van der Waals surface area contributed by atoms with E-state index >= 15 is 0 Å². The Morgan fingerprint density at radius 1 is 1.31 bits per heavy atom. The number of rotatable bonds is 7. The van der Waals surface area contributed by atoms with Crippen LogP contribution in [0.2, 0.25) is 0 Å². The highest BCUT2D eigenvalue weighted by molar-refractivity contribution is 4.92. The minimum absolute atomic E-state index is 0.0632. The smallest absolute Gasteiger partial charge is 0.0574 e. The third-order valence-electron chi connectivity index (χ3n) is 3.97. The minimum atomic E-state index is -0.0632. The van der Waals surface area contributed by atoms with Crippen LogP contribution in [0.25, 0.3) is 0 Å². The number of unbranched alkanes of at least 4 members (excludes halogenated alkanes) is 1. The van der Waals surface area contributed by atoms with Crippen LogP contribution in [-0.4, -0.2) is 11.2 Å². The molecule has 3 atom stereocenters. The molecule has 0 spiro atoms. The number of hydrogen-bond donors (Lipinski definition) is 1. The van der Waals surface area contributed by atoms with E-state index in [1.165, 1.54) is 32.1 Å². The molecular weight excluding hydrogens is 196 g/mol. The average molecular weight is 224 g/mol. The molecule has 0 aromatic carbocycles. The summed E-state index contributed by atoms with van der Waals surface area (Å²) in [6.45, 7) is 4.50. The zero-order chi connectivity index (χ0) is 11.8. The first-order valence-corrected chi connectivity index (χ1v) is 7.11. The first kappa shape index (κ1) is 13.8. The van der Waals surface area contributed by atoms with Gasteiger partial charge in [-0.1, -0.05) is 51.7 Å². The van der Waals surface area contributed by atoms with Crippen LogP contribution in [0, 0.1) is 11.8 Å². The van der Waals surface area contributed by atoms with Crippen LogP contribution >= 0.6 is 0 Å². The number of aliphatic hydroxyl groups excluding tert-OH is 1. The molecule has 0 heterocycles. The van der Waals surface area contributed by atoms with Crippen molar-refractivity contribution in [3.63, 3.8) is 0 Å². The molecule has 94 valence electrons. The Hall–Kier alpha value is -0.300. The molecule has 0 radical (unpaired) electrons. The Morgan fingerprint density at radius 3 is 2.69 bits per heavy atom. The van der Waals surface area contributed by atoms with E-state index in [0.29, 0.717) is 5.92 Å². The highest BCUT2D eigenvalue weighted by Gasteiger charge is 2.22. The maximum atomic E-state index is 10.2. The Morgan fingerprint density at radius 2 is 2.12 bits per heavy atom. The summed E-state index contributed by atoms with van der Waals surface area (Å²) in [4.78, 5) is 0. The molecule has 3 unspecified atom stereocenters. The third kappa shape index (κ3) is 4.69. The molecule has 16 heavy (non-hydrogen) atoms. The SMILES string of the molecule is CCCCC(CC)CC(O)C1CC=CCC1. The zero-order valence-corrected chi connectivity index (χ0v) is 11.0. The van der Waals surface area contributed by atoms with Crippen molar-refractivity contribution in [2.24, 2.45) is 11.8 Å². The third-order valence-corrected chi connectivity index (χ3v) is 3.97. The van der Waals surface area contributed by atoms with Crippen LogP contribution in [-0.2, 0) is 0 Å². The van der Waals surface area contributed by atoms with Gasteiger partial charge in [0.25, 0.3) is 0 Å². The lowest BCUT2D eigenvalue weighted by molar-refractivity contribution is 0.0740. The zero-order valence-electron chi connectivity index (χ0n) is 11.0. The Balaban J connectivity index is 2.29. The predicted octanol–water partition coefficient (Wildman–Crippen LogP) is 4.31. The Bertz CT molecular complexity index is 198. The van der Waals surface area contributed by atoms with Gasteiger partial charge in [0.1, 0.15) is 0 Å². The Kier molecular flexibility index (Phi) is 6.79. The van der Waals surface area contributed by atoms with E-state index in [1.807, 2.05) is 0 Å². The highest BCUT2D eigenvalue weighted by atomic mass is 16.3. The van der Waals surface area contributed by atoms with Crippen molar-refractivity contribution >= 4 is 0 Å². The molecule has 0 saturated heterocycles. The van der Waals surface area contributed by atoms with Gasteiger partial charge in [0.15, 0.2) is 0 Å². The quantitative estimate of drug-likeness (QED) is 0.639. The second kappa shape index (κ2) is 7.89. The van der Waals surface area contributed by atoms with Crippen molar-refractivity contribution in [2.75, 3.05) is 0 Å². The van der Waals surface area contributed by atoms with E-state index < -0.39 is 0 Å². The van der Waals surface area contributed by atoms with Crippen LogP contribution in [0.1, 0.15) is 65.2 Å². The number of hydrogen-bond acceptors (Lipinski definition) is 1. The fraction of sp³-hybridized carbons (Fsp3) is 0.867. The summed E-state index contributed by atoms with van der Waals surface area (Å²) in [6, 6.07) is 0. The standard InChI is InChI=1S/C15H28O/c1-3-5-9-13(4-2)12-15(16)14-10-7-6-8-11-14/h6-7,13-16H,3-5,8-12H2,1-2H3. The molecule has 1 heteroatoms. The molecule has 1 nitrogen and oxygen atoms in total. The van der Waals surface area contributed by atoms with E-state index in [0.717, 1.165) is 25.2 Å². The van der Waals surface area contributed by atoms with Gasteiger partial charge in [-0.05, 0) is 37.5 Å². The molecule has 1 aliphatic rings. The largest absolute Gasteiger partial charge is 0.393 e. The van der Waals surface area contributed by atoms with Crippen molar-refractivity contribution in [1.82, 2.24) is 0 Å². The van der Waals surface area contributed by atoms with Gasteiger partial charge in [-0.15, -0.1) is 0 Å². The van der Waals surface area contributed by atoms with Crippen molar-refractivity contribution in [3.8, 4) is 0 Å². The lowest BCUT2D eigenvalue weighted by atomic mass is 9.83. The van der Waals surface area contributed by atoms with E-state index in [-0.39, 0.29) is 6.10 Å². The lowest BCUT2D eigenvalue weighted by Crippen LogP contribution is -2.24. The second-order valence-electron chi connectivity index (χ2n) is 5.26. The van der Waals surface area contributed by atoms with Crippen LogP contribution in [0.4, 0.5) is 0 Å². The molecule has 1 N–H and O–H groups in total. The summed E-state index contributed by atoms with van der Waals surface area (Å²) in [5, 5.41) is 10.2. The second-order valence-corrected chi connectivity index (χ2v) is 5.26. The van der Waals surface area contributed by atoms with Crippen LogP contribution in [0.3, 0.4) is 0 Å². The fourth-order valence-corrected chi connectivity index (χ4v) is 2.68. The van der Waals surface area contributed by atoms with Gasteiger partial charge >= 0.3 is 0 Å². The van der Waals surface area contributed by atoms with Gasteiger partial charge in [-0.3, -0.25) is 0 Å². The molecule has 1 aliphatic carbocycles. The van der Waals surface area contributed by atoms with Gasteiger partial charge in [-0.2, -0.15) is 0 Å². The van der Waals surface area contributed by atoms with Gasteiger partial charge in [0.2, 0.25) is 0 Å². The maximum absolute atomic E-state index is 10.2. The number of aliphatic hydroxyl groups is 1. The molecular formula is C15H28O. The van der Waals surface area contributed by atoms with E-state index in [2.05, 4.69) is 26.0 Å². The summed E-state index contributed by atoms with van der Waals surface area (Å²) in [5.41, 5.74) is 0. The summed E-state index contributed by atoms with van der Waals surface area (Å²) in [6.07, 6.45) is 14.0. The van der Waals surface area contributed by atoms with Crippen molar-refractivity contribution in [3.05, 3.63) is 12.2 Å². The first-order chi connectivity index (χ1) is 7.77. The van der Waals surface area contributed by atoms with E-state index in [4.69, 9.17) is 0 Å². The lowest BCUT2D eigenvalue weighted by Gasteiger charge is -2.27. The normalized spacial score (nSPS) is 24.3. The molecule has 0 aromatic rings. The molecule has 0 saturated carbocycles. The average Bonchev–Trinajstić information content (AvgIpc) is 2.35. The van der Waals surface area contributed by atoms with Crippen LogP contribution < -0.4 is 0 Å². The molecule has 1 rings (SSSR count). The van der Waals surface area contributed by atoms with Gasteiger partial charge in [-0.25, -0.2) is 0 Å². The van der Waals surface area contributed by atoms with Crippen molar-refractivity contribution in [1.29, 1.82) is 0 Å². The number of allylic oxidation sites excluding steroid dienone is 2. The molecule has 0 fully saturated rings. The molecule has 0 amide bonds.